The molecular weight excluding hydrogens is 499 g/mol. The number of nitrogens with two attached hydrogens (primary N) is 1. The SMILES string of the molecule is Cc1cc(C)cc(NC(N)=NCc2ccc(S(=O)(=O)N3CCCCC3)cc2)c1.I. The number of sulfonamides is 1. The van der Waals surface area contributed by atoms with Gasteiger partial charge in [0.25, 0.3) is 0 Å². The van der Waals surface area contributed by atoms with Crippen molar-refractivity contribution in [3.05, 3.63) is 59.2 Å². The Morgan fingerprint density at radius 3 is 2.21 bits per heavy atom. The first-order valence-corrected chi connectivity index (χ1v) is 11.0. The zero-order chi connectivity index (χ0) is 20.1. The molecule has 158 valence electrons. The summed E-state index contributed by atoms with van der Waals surface area (Å²) in [5.41, 5.74) is 10.1. The summed E-state index contributed by atoms with van der Waals surface area (Å²) in [6.07, 6.45) is 2.96. The van der Waals surface area contributed by atoms with Gasteiger partial charge in [-0.3, -0.25) is 0 Å². The summed E-state index contributed by atoms with van der Waals surface area (Å²) in [7, 11) is -3.40. The van der Waals surface area contributed by atoms with Crippen LogP contribution in [0, 0.1) is 13.8 Å². The molecule has 1 aliphatic heterocycles. The van der Waals surface area contributed by atoms with Gasteiger partial charge in [-0.05, 0) is 67.6 Å². The maximum Gasteiger partial charge on any atom is 0.243 e. The number of hydrogen-bond donors (Lipinski definition) is 2. The van der Waals surface area contributed by atoms with Crippen LogP contribution < -0.4 is 11.1 Å². The lowest BCUT2D eigenvalue weighted by Crippen LogP contribution is -2.35. The number of nitrogens with one attached hydrogen (secondary N) is 1. The van der Waals surface area contributed by atoms with Crippen LogP contribution >= 0.6 is 24.0 Å². The zero-order valence-corrected chi connectivity index (χ0v) is 20.0. The quantitative estimate of drug-likeness (QED) is 0.349. The van der Waals surface area contributed by atoms with Crippen LogP contribution in [0.5, 0.6) is 0 Å². The Morgan fingerprint density at radius 1 is 1.03 bits per heavy atom. The van der Waals surface area contributed by atoms with Gasteiger partial charge in [0, 0.05) is 18.8 Å². The average molecular weight is 528 g/mol. The zero-order valence-electron chi connectivity index (χ0n) is 16.9. The molecule has 1 heterocycles. The Morgan fingerprint density at radius 2 is 1.62 bits per heavy atom. The van der Waals surface area contributed by atoms with Crippen LogP contribution in [0.3, 0.4) is 0 Å². The molecule has 8 heteroatoms. The van der Waals surface area contributed by atoms with E-state index in [0.717, 1.165) is 41.6 Å². The number of aryl methyl sites for hydroxylation is 2. The largest absolute Gasteiger partial charge is 0.370 e. The first kappa shape index (κ1) is 23.6. The van der Waals surface area contributed by atoms with Gasteiger partial charge in [0.2, 0.25) is 10.0 Å². The van der Waals surface area contributed by atoms with Crippen LogP contribution in [-0.4, -0.2) is 31.8 Å². The highest BCUT2D eigenvalue weighted by Gasteiger charge is 2.25. The van der Waals surface area contributed by atoms with Gasteiger partial charge in [-0.2, -0.15) is 4.31 Å². The van der Waals surface area contributed by atoms with Gasteiger partial charge in [-0.25, -0.2) is 13.4 Å². The fraction of sp³-hybridized carbons (Fsp3) is 0.381. The van der Waals surface area contributed by atoms with Crippen LogP contribution in [0.25, 0.3) is 0 Å². The Labute approximate surface area is 190 Å². The van der Waals surface area contributed by atoms with E-state index in [9.17, 15) is 8.42 Å². The topological polar surface area (TPSA) is 87.8 Å². The lowest BCUT2D eigenvalue weighted by atomic mass is 10.1. The van der Waals surface area contributed by atoms with Crippen molar-refractivity contribution in [1.82, 2.24) is 4.31 Å². The van der Waals surface area contributed by atoms with Gasteiger partial charge in [0.1, 0.15) is 0 Å². The number of aliphatic imine (C=N–C) groups is 1. The van der Waals surface area contributed by atoms with Crippen LogP contribution in [0.2, 0.25) is 0 Å². The monoisotopic (exact) mass is 528 g/mol. The average Bonchev–Trinajstić information content (AvgIpc) is 2.66. The molecule has 0 bridgehead atoms. The van der Waals surface area contributed by atoms with Crippen molar-refractivity contribution in [3.63, 3.8) is 0 Å². The summed E-state index contributed by atoms with van der Waals surface area (Å²) in [4.78, 5) is 4.69. The van der Waals surface area contributed by atoms with Crippen molar-refractivity contribution < 1.29 is 8.42 Å². The molecule has 3 rings (SSSR count). The molecule has 3 N–H and O–H groups in total. The summed E-state index contributed by atoms with van der Waals surface area (Å²) in [5.74, 6) is 0.329. The van der Waals surface area contributed by atoms with Crippen LogP contribution in [0.1, 0.15) is 36.0 Å². The first-order chi connectivity index (χ1) is 13.3. The van der Waals surface area contributed by atoms with Crippen molar-refractivity contribution in [2.24, 2.45) is 10.7 Å². The van der Waals surface area contributed by atoms with Crippen molar-refractivity contribution in [2.75, 3.05) is 18.4 Å². The van der Waals surface area contributed by atoms with Gasteiger partial charge in [0.05, 0.1) is 11.4 Å². The van der Waals surface area contributed by atoms with Crippen LogP contribution in [-0.2, 0) is 16.6 Å². The minimum atomic E-state index is -3.40. The molecule has 1 saturated heterocycles. The number of benzene rings is 2. The number of anilines is 1. The lowest BCUT2D eigenvalue weighted by molar-refractivity contribution is 0.346. The third-order valence-electron chi connectivity index (χ3n) is 4.80. The highest BCUT2D eigenvalue weighted by Crippen LogP contribution is 2.21. The molecule has 0 amide bonds. The van der Waals surface area contributed by atoms with Gasteiger partial charge in [-0.15, -0.1) is 24.0 Å². The van der Waals surface area contributed by atoms with E-state index in [2.05, 4.69) is 16.4 Å². The molecule has 0 radical (unpaired) electrons. The van der Waals surface area contributed by atoms with Gasteiger partial charge >= 0.3 is 0 Å². The Bertz CT molecular complexity index is 933. The minimum absolute atomic E-state index is 0. The molecule has 0 spiro atoms. The molecule has 0 atom stereocenters. The molecule has 1 fully saturated rings. The summed E-state index contributed by atoms with van der Waals surface area (Å²) in [5, 5.41) is 3.10. The number of nitrogens with zero attached hydrogens (tertiary/aromatic N) is 2. The third kappa shape index (κ3) is 6.42. The molecule has 6 nitrogen and oxygen atoms in total. The first-order valence-electron chi connectivity index (χ1n) is 9.59. The van der Waals surface area contributed by atoms with Crippen molar-refractivity contribution in [2.45, 2.75) is 44.6 Å². The maximum absolute atomic E-state index is 12.7. The fourth-order valence-corrected chi connectivity index (χ4v) is 4.95. The van der Waals surface area contributed by atoms with E-state index in [-0.39, 0.29) is 24.0 Å². The van der Waals surface area contributed by atoms with Crippen molar-refractivity contribution in [3.8, 4) is 0 Å². The smallest absolute Gasteiger partial charge is 0.243 e. The van der Waals surface area contributed by atoms with Gasteiger partial charge in [-0.1, -0.05) is 24.6 Å². The van der Waals surface area contributed by atoms with E-state index in [1.807, 2.05) is 26.0 Å². The summed E-state index contributed by atoms with van der Waals surface area (Å²) < 4.78 is 27.0. The molecule has 0 saturated carbocycles. The minimum Gasteiger partial charge on any atom is -0.370 e. The summed E-state index contributed by atoms with van der Waals surface area (Å²) in [6.45, 7) is 5.66. The number of halogens is 1. The predicted molar refractivity (Wildman–Crippen MR) is 129 cm³/mol. The highest BCUT2D eigenvalue weighted by molar-refractivity contribution is 14.0. The number of hydrogen-bond acceptors (Lipinski definition) is 3. The van der Waals surface area contributed by atoms with Crippen molar-refractivity contribution in [1.29, 1.82) is 0 Å². The lowest BCUT2D eigenvalue weighted by Gasteiger charge is -2.25. The van der Waals surface area contributed by atoms with E-state index in [1.165, 1.54) is 0 Å². The number of guanidine groups is 1. The fourth-order valence-electron chi connectivity index (χ4n) is 3.43. The second-order valence-corrected chi connectivity index (χ2v) is 9.25. The molecular formula is C21H29IN4O2S. The third-order valence-corrected chi connectivity index (χ3v) is 6.72. The number of piperidine rings is 1. The van der Waals surface area contributed by atoms with E-state index < -0.39 is 10.0 Å². The Kier molecular flexibility index (Phi) is 8.47. The second-order valence-electron chi connectivity index (χ2n) is 7.31. The predicted octanol–water partition coefficient (Wildman–Crippen LogP) is 4.02. The van der Waals surface area contributed by atoms with E-state index in [4.69, 9.17) is 5.73 Å². The van der Waals surface area contributed by atoms with Crippen LogP contribution in [0.15, 0.2) is 52.4 Å². The van der Waals surface area contributed by atoms with E-state index in [1.54, 1.807) is 28.6 Å². The normalized spacial score (nSPS) is 15.6. The summed E-state index contributed by atoms with van der Waals surface area (Å²) in [6, 6.07) is 13.0. The molecule has 29 heavy (non-hydrogen) atoms. The Hall–Kier alpha value is -1.65. The maximum atomic E-state index is 12.7. The summed E-state index contributed by atoms with van der Waals surface area (Å²) >= 11 is 0. The van der Waals surface area contributed by atoms with E-state index >= 15 is 0 Å². The Balaban J connectivity index is 0.00000300. The molecule has 0 unspecified atom stereocenters. The van der Waals surface area contributed by atoms with E-state index in [0.29, 0.717) is 30.5 Å². The van der Waals surface area contributed by atoms with Gasteiger partial charge in [0.15, 0.2) is 5.96 Å². The van der Waals surface area contributed by atoms with Crippen LogP contribution in [0.4, 0.5) is 5.69 Å². The molecule has 0 aliphatic carbocycles. The molecule has 1 aliphatic rings. The van der Waals surface area contributed by atoms with Gasteiger partial charge < -0.3 is 11.1 Å². The highest BCUT2D eigenvalue weighted by atomic mass is 127. The number of rotatable bonds is 5. The molecule has 0 aromatic heterocycles. The molecule has 2 aromatic rings. The molecule has 2 aromatic carbocycles. The standard InChI is InChI=1S/C21H28N4O2S.HI/c1-16-12-17(2)14-19(13-16)24-21(22)23-15-18-6-8-20(9-7-18)28(26,27)25-10-4-3-5-11-25;/h6-9,12-14H,3-5,10-11,15H2,1-2H3,(H3,22,23,24);1H. The second kappa shape index (κ2) is 10.4. The van der Waals surface area contributed by atoms with Crippen molar-refractivity contribution >= 4 is 45.6 Å².